The third-order valence-corrected chi connectivity index (χ3v) is 4.56. The highest BCUT2D eigenvalue weighted by Gasteiger charge is 2.18. The van der Waals surface area contributed by atoms with Gasteiger partial charge in [0.1, 0.15) is 5.75 Å². The van der Waals surface area contributed by atoms with Crippen LogP contribution >= 0.6 is 0 Å². The van der Waals surface area contributed by atoms with Crippen molar-refractivity contribution >= 4 is 34.1 Å². The number of amides is 1. The van der Waals surface area contributed by atoms with Gasteiger partial charge in [0.05, 0.1) is 13.0 Å². The highest BCUT2D eigenvalue weighted by molar-refractivity contribution is 6.03. The molecule has 1 amide bonds. The second-order valence-electron chi connectivity index (χ2n) is 6.83. The standard InChI is InChI=1S/C24H23NO5/c1-16(26)18-10-12-20(13-11-18)29-15-14-23(27)30-17(2)24(28)25-22-9-5-7-19-6-3-4-8-21(19)22/h3-13,17H,14-15H2,1-2H3,(H,25,28). The maximum Gasteiger partial charge on any atom is 0.310 e. The first kappa shape index (κ1) is 21.0. The molecule has 0 aromatic heterocycles. The van der Waals surface area contributed by atoms with Crippen molar-refractivity contribution in [2.24, 2.45) is 0 Å². The molecule has 0 aliphatic carbocycles. The second-order valence-corrected chi connectivity index (χ2v) is 6.83. The van der Waals surface area contributed by atoms with Crippen molar-refractivity contribution in [3.8, 4) is 5.75 Å². The number of nitrogens with one attached hydrogen (secondary N) is 1. The summed E-state index contributed by atoms with van der Waals surface area (Å²) in [5.74, 6) is -0.410. The van der Waals surface area contributed by atoms with Gasteiger partial charge in [-0.25, -0.2) is 0 Å². The maximum absolute atomic E-state index is 12.4. The minimum absolute atomic E-state index is 0.000345. The molecule has 0 radical (unpaired) electrons. The van der Waals surface area contributed by atoms with Crippen molar-refractivity contribution in [2.45, 2.75) is 26.4 Å². The van der Waals surface area contributed by atoms with Crippen molar-refractivity contribution in [3.05, 3.63) is 72.3 Å². The van der Waals surface area contributed by atoms with Crippen LogP contribution in [0.4, 0.5) is 5.69 Å². The second kappa shape index (κ2) is 9.69. The zero-order valence-corrected chi connectivity index (χ0v) is 16.9. The number of ether oxygens (including phenoxy) is 2. The van der Waals surface area contributed by atoms with Gasteiger partial charge in [-0.15, -0.1) is 0 Å². The third kappa shape index (κ3) is 5.44. The molecular formula is C24H23NO5. The number of carbonyl (C=O) groups is 3. The van der Waals surface area contributed by atoms with Gasteiger partial charge in [-0.2, -0.15) is 0 Å². The summed E-state index contributed by atoms with van der Waals surface area (Å²) in [5, 5.41) is 4.73. The molecule has 3 aromatic carbocycles. The van der Waals surface area contributed by atoms with Gasteiger partial charge in [0.15, 0.2) is 11.9 Å². The van der Waals surface area contributed by atoms with E-state index >= 15 is 0 Å². The number of hydrogen-bond donors (Lipinski definition) is 1. The number of carbonyl (C=O) groups excluding carboxylic acids is 3. The Morgan fingerprint density at radius 3 is 2.37 bits per heavy atom. The van der Waals surface area contributed by atoms with E-state index in [1.54, 1.807) is 30.3 Å². The van der Waals surface area contributed by atoms with Crippen LogP contribution in [0.5, 0.6) is 5.75 Å². The summed E-state index contributed by atoms with van der Waals surface area (Å²) < 4.78 is 10.7. The van der Waals surface area contributed by atoms with Gasteiger partial charge >= 0.3 is 5.97 Å². The topological polar surface area (TPSA) is 81.7 Å². The summed E-state index contributed by atoms with van der Waals surface area (Å²) in [5.41, 5.74) is 1.26. The number of ketones is 1. The number of anilines is 1. The van der Waals surface area contributed by atoms with Crippen LogP contribution in [0.15, 0.2) is 66.7 Å². The molecule has 1 N–H and O–H groups in total. The van der Waals surface area contributed by atoms with Gasteiger partial charge < -0.3 is 14.8 Å². The summed E-state index contributed by atoms with van der Waals surface area (Å²) in [6, 6.07) is 20.0. The molecule has 0 fully saturated rings. The lowest BCUT2D eigenvalue weighted by atomic mass is 10.1. The normalized spacial score (nSPS) is 11.5. The Morgan fingerprint density at radius 2 is 1.63 bits per heavy atom. The molecule has 0 bridgehead atoms. The van der Waals surface area contributed by atoms with Gasteiger partial charge in [-0.1, -0.05) is 36.4 Å². The highest BCUT2D eigenvalue weighted by Crippen LogP contribution is 2.23. The Morgan fingerprint density at radius 1 is 0.933 bits per heavy atom. The molecule has 6 heteroatoms. The molecule has 0 spiro atoms. The summed E-state index contributed by atoms with van der Waals surface area (Å²) in [4.78, 5) is 35.7. The third-order valence-electron chi connectivity index (χ3n) is 4.56. The Balaban J connectivity index is 1.47. The number of Topliss-reactive ketones (excluding diaryl/α,β-unsaturated/α-hetero) is 1. The van der Waals surface area contributed by atoms with Crippen molar-refractivity contribution in [1.82, 2.24) is 0 Å². The Labute approximate surface area is 174 Å². The monoisotopic (exact) mass is 405 g/mol. The van der Waals surface area contributed by atoms with E-state index in [4.69, 9.17) is 9.47 Å². The smallest absolute Gasteiger partial charge is 0.310 e. The fraction of sp³-hybridized carbons (Fsp3) is 0.208. The van der Waals surface area contributed by atoms with Crippen molar-refractivity contribution in [3.63, 3.8) is 0 Å². The summed E-state index contributed by atoms with van der Waals surface area (Å²) in [6.45, 7) is 3.12. The van der Waals surface area contributed by atoms with Crippen LogP contribution in [0.2, 0.25) is 0 Å². The largest absolute Gasteiger partial charge is 0.493 e. The van der Waals surface area contributed by atoms with Crippen LogP contribution in [-0.2, 0) is 14.3 Å². The Kier molecular flexibility index (Phi) is 6.80. The minimum Gasteiger partial charge on any atom is -0.493 e. The summed E-state index contributed by atoms with van der Waals surface area (Å²) >= 11 is 0. The average molecular weight is 405 g/mol. The van der Waals surface area contributed by atoms with E-state index in [0.717, 1.165) is 10.8 Å². The molecule has 0 saturated carbocycles. The quantitative estimate of drug-likeness (QED) is 0.444. The van der Waals surface area contributed by atoms with E-state index < -0.39 is 18.0 Å². The van der Waals surface area contributed by atoms with Crippen LogP contribution in [0.3, 0.4) is 0 Å². The number of benzene rings is 3. The molecule has 3 rings (SSSR count). The first-order valence-electron chi connectivity index (χ1n) is 9.66. The molecule has 0 heterocycles. The van der Waals surface area contributed by atoms with E-state index in [1.165, 1.54) is 13.8 Å². The number of fused-ring (bicyclic) bond motifs is 1. The van der Waals surface area contributed by atoms with Crippen molar-refractivity contribution < 1.29 is 23.9 Å². The molecular weight excluding hydrogens is 382 g/mol. The average Bonchev–Trinajstić information content (AvgIpc) is 2.74. The van der Waals surface area contributed by atoms with Crippen molar-refractivity contribution in [1.29, 1.82) is 0 Å². The first-order chi connectivity index (χ1) is 14.4. The van der Waals surface area contributed by atoms with Gasteiger partial charge in [0.2, 0.25) is 0 Å². The molecule has 6 nitrogen and oxygen atoms in total. The van der Waals surface area contributed by atoms with Gasteiger partial charge in [0, 0.05) is 16.6 Å². The van der Waals surface area contributed by atoms with Crippen LogP contribution in [0.25, 0.3) is 10.8 Å². The number of rotatable bonds is 8. The lowest BCUT2D eigenvalue weighted by molar-refractivity contribution is -0.153. The molecule has 154 valence electrons. The minimum atomic E-state index is -0.939. The van der Waals surface area contributed by atoms with E-state index in [-0.39, 0.29) is 18.8 Å². The predicted octanol–water partition coefficient (Wildman–Crippen LogP) is 4.38. The van der Waals surface area contributed by atoms with E-state index in [1.807, 2.05) is 36.4 Å². The fourth-order valence-electron chi connectivity index (χ4n) is 2.92. The zero-order valence-electron chi connectivity index (χ0n) is 16.9. The Bertz CT molecular complexity index is 1050. The highest BCUT2D eigenvalue weighted by atomic mass is 16.5. The van der Waals surface area contributed by atoms with E-state index in [2.05, 4.69) is 5.32 Å². The van der Waals surface area contributed by atoms with Crippen LogP contribution in [-0.4, -0.2) is 30.4 Å². The molecule has 0 saturated heterocycles. The zero-order chi connectivity index (χ0) is 21.5. The van der Waals surface area contributed by atoms with Crippen LogP contribution < -0.4 is 10.1 Å². The van der Waals surface area contributed by atoms with Crippen LogP contribution in [0, 0.1) is 0 Å². The lowest BCUT2D eigenvalue weighted by Crippen LogP contribution is -2.30. The molecule has 3 aromatic rings. The SMILES string of the molecule is CC(=O)c1ccc(OCCC(=O)OC(C)C(=O)Nc2cccc3ccccc23)cc1. The molecule has 0 aliphatic heterocycles. The Hall–Kier alpha value is -3.67. The number of hydrogen-bond acceptors (Lipinski definition) is 5. The van der Waals surface area contributed by atoms with Gasteiger partial charge in [-0.05, 0) is 49.6 Å². The summed E-state index contributed by atoms with van der Waals surface area (Å²) in [7, 11) is 0. The van der Waals surface area contributed by atoms with Crippen LogP contribution in [0.1, 0.15) is 30.6 Å². The molecule has 1 atom stereocenters. The van der Waals surface area contributed by atoms with Gasteiger partial charge in [0.25, 0.3) is 5.91 Å². The summed E-state index contributed by atoms with van der Waals surface area (Å²) in [6.07, 6.45) is -0.938. The molecule has 0 aliphatic rings. The molecule has 30 heavy (non-hydrogen) atoms. The predicted molar refractivity (Wildman–Crippen MR) is 115 cm³/mol. The fourth-order valence-corrected chi connectivity index (χ4v) is 2.92. The first-order valence-corrected chi connectivity index (χ1v) is 9.66. The van der Waals surface area contributed by atoms with Crippen molar-refractivity contribution in [2.75, 3.05) is 11.9 Å². The van der Waals surface area contributed by atoms with Gasteiger partial charge in [-0.3, -0.25) is 14.4 Å². The van der Waals surface area contributed by atoms with E-state index in [0.29, 0.717) is 17.0 Å². The maximum atomic E-state index is 12.4. The molecule has 1 unspecified atom stereocenters. The van der Waals surface area contributed by atoms with E-state index in [9.17, 15) is 14.4 Å². The lowest BCUT2D eigenvalue weighted by Gasteiger charge is -2.15. The number of esters is 1.